The molecule has 3 nitrogen and oxygen atoms in total. The van der Waals surface area contributed by atoms with E-state index < -0.39 is 5.81 Å². The number of aromatic nitrogens is 1. The summed E-state index contributed by atoms with van der Waals surface area (Å²) >= 11 is 0. The van der Waals surface area contributed by atoms with E-state index >= 15 is 0 Å². The first kappa shape index (κ1) is 10.5. The van der Waals surface area contributed by atoms with Crippen molar-refractivity contribution in [2.24, 2.45) is 0 Å². The van der Waals surface area contributed by atoms with Crippen LogP contribution in [-0.2, 0) is 6.42 Å². The molecule has 0 fully saturated rings. The molecule has 1 rings (SSSR count). The second-order valence-electron chi connectivity index (χ2n) is 2.87. The van der Waals surface area contributed by atoms with Crippen LogP contribution in [0, 0.1) is 0 Å². The number of hydrogen-bond donors (Lipinski definition) is 1. The second kappa shape index (κ2) is 5.22. The molecule has 1 amide bonds. The van der Waals surface area contributed by atoms with Gasteiger partial charge in [0.15, 0.2) is 5.81 Å². The van der Waals surface area contributed by atoms with Crippen LogP contribution in [0.5, 0.6) is 0 Å². The summed E-state index contributed by atoms with van der Waals surface area (Å²) in [6.45, 7) is 3.64. The Kier molecular flexibility index (Phi) is 3.92. The van der Waals surface area contributed by atoms with Crippen LogP contribution >= 0.6 is 0 Å². The van der Waals surface area contributed by atoms with Crippen LogP contribution in [0.3, 0.4) is 0 Å². The molecule has 0 saturated carbocycles. The predicted octanol–water partition coefficient (Wildman–Crippen LogP) is 1.90. The number of allylic oxidation sites excluding steroid dienone is 1. The van der Waals surface area contributed by atoms with Crippen LogP contribution in [0.15, 0.2) is 31.0 Å². The Balaban J connectivity index is 2.68. The number of aryl methyl sites for hydroxylation is 1. The first-order chi connectivity index (χ1) is 6.72. The van der Waals surface area contributed by atoms with Crippen LogP contribution < -0.4 is 5.32 Å². The average molecular weight is 186 g/mol. The van der Waals surface area contributed by atoms with E-state index in [1.54, 1.807) is 12.3 Å². The molecular weight excluding hydrogens is 175 g/mol. The lowest BCUT2D eigenvalue weighted by atomic mass is 10.1. The van der Waals surface area contributed by atoms with Crippen molar-refractivity contribution in [3.05, 3.63) is 36.5 Å². The van der Waals surface area contributed by atoms with Gasteiger partial charge >= 0.3 is 0 Å². The Hall–Kier alpha value is -1.58. The summed E-state index contributed by atoms with van der Waals surface area (Å²) in [6.07, 6.45) is 5.28. The molecule has 0 unspecified atom stereocenters. The predicted molar refractivity (Wildman–Crippen MR) is 57.5 cm³/mol. The SMILES string of the molecule is [B]C(=O)Nc1cc(CCC=C)ccn1. The number of carbonyl (C=O) groups is 1. The maximum Gasteiger partial charge on any atom is 0.201 e. The highest BCUT2D eigenvalue weighted by Crippen LogP contribution is 2.08. The van der Waals surface area contributed by atoms with Crippen molar-refractivity contribution in [3.8, 4) is 0 Å². The van der Waals surface area contributed by atoms with E-state index in [2.05, 4.69) is 16.9 Å². The van der Waals surface area contributed by atoms with E-state index in [4.69, 9.17) is 7.85 Å². The number of amides is 1. The number of nitrogens with zero attached hydrogens (tertiary/aromatic N) is 1. The van der Waals surface area contributed by atoms with Gasteiger partial charge in [0.2, 0.25) is 7.85 Å². The molecule has 1 aromatic heterocycles. The number of anilines is 1. The maximum absolute atomic E-state index is 10.5. The third-order valence-corrected chi connectivity index (χ3v) is 1.71. The van der Waals surface area contributed by atoms with Crippen LogP contribution in [-0.4, -0.2) is 18.6 Å². The van der Waals surface area contributed by atoms with Crippen molar-refractivity contribution >= 4 is 19.5 Å². The number of rotatable bonds is 4. The first-order valence-electron chi connectivity index (χ1n) is 4.34. The summed E-state index contributed by atoms with van der Waals surface area (Å²) in [5, 5.41) is 2.42. The minimum atomic E-state index is -0.599. The number of pyridine rings is 1. The largest absolute Gasteiger partial charge is 0.321 e. The second-order valence-corrected chi connectivity index (χ2v) is 2.87. The zero-order valence-electron chi connectivity index (χ0n) is 7.86. The molecule has 1 heterocycles. The molecule has 0 aromatic carbocycles. The first-order valence-corrected chi connectivity index (χ1v) is 4.34. The van der Waals surface area contributed by atoms with Crippen molar-refractivity contribution < 1.29 is 4.79 Å². The minimum absolute atomic E-state index is 0.485. The topological polar surface area (TPSA) is 42.0 Å². The van der Waals surface area contributed by atoms with Crippen molar-refractivity contribution in [2.75, 3.05) is 5.32 Å². The molecule has 0 saturated heterocycles. The highest BCUT2D eigenvalue weighted by molar-refractivity contribution is 6.60. The molecule has 1 N–H and O–H groups in total. The monoisotopic (exact) mass is 186 g/mol. The highest BCUT2D eigenvalue weighted by Gasteiger charge is 1.97. The van der Waals surface area contributed by atoms with E-state index in [0.717, 1.165) is 18.4 Å². The fourth-order valence-corrected chi connectivity index (χ4v) is 1.09. The lowest BCUT2D eigenvalue weighted by Crippen LogP contribution is -2.09. The van der Waals surface area contributed by atoms with Gasteiger partial charge in [-0.05, 0) is 30.5 Å². The Morgan fingerprint density at radius 1 is 1.71 bits per heavy atom. The minimum Gasteiger partial charge on any atom is -0.321 e. The van der Waals surface area contributed by atoms with Gasteiger partial charge < -0.3 is 5.32 Å². The van der Waals surface area contributed by atoms with Gasteiger partial charge in [0, 0.05) is 6.20 Å². The van der Waals surface area contributed by atoms with Crippen LogP contribution in [0.2, 0.25) is 0 Å². The lowest BCUT2D eigenvalue weighted by Gasteiger charge is -2.03. The summed E-state index contributed by atoms with van der Waals surface area (Å²) in [6, 6.07) is 3.70. The van der Waals surface area contributed by atoms with E-state index in [1.807, 2.05) is 12.1 Å². The van der Waals surface area contributed by atoms with Crippen LogP contribution in [0.25, 0.3) is 0 Å². The summed E-state index contributed by atoms with van der Waals surface area (Å²) in [4.78, 5) is 14.5. The third kappa shape index (κ3) is 3.43. The van der Waals surface area contributed by atoms with Crippen molar-refractivity contribution in [2.45, 2.75) is 12.8 Å². The maximum atomic E-state index is 10.5. The van der Waals surface area contributed by atoms with Crippen molar-refractivity contribution in [3.63, 3.8) is 0 Å². The summed E-state index contributed by atoms with van der Waals surface area (Å²) < 4.78 is 0. The molecule has 0 spiro atoms. The van der Waals surface area contributed by atoms with Gasteiger partial charge in [-0.15, -0.1) is 6.58 Å². The number of carbonyl (C=O) groups excluding carboxylic acids is 1. The van der Waals surface area contributed by atoms with E-state index in [0.29, 0.717) is 5.82 Å². The fourth-order valence-electron chi connectivity index (χ4n) is 1.09. The molecule has 0 aliphatic heterocycles. The normalized spacial score (nSPS) is 9.43. The highest BCUT2D eigenvalue weighted by atomic mass is 16.1. The molecule has 0 aliphatic carbocycles. The Morgan fingerprint density at radius 2 is 2.50 bits per heavy atom. The fraction of sp³-hybridized carbons (Fsp3) is 0.200. The standard InChI is InChI=1S/C10H11BN2O/c1-2-3-4-8-5-6-12-9(7-8)13-10(11)14/h2,5-7H,1,3-4H2,(H,12,13,14). The zero-order valence-corrected chi connectivity index (χ0v) is 7.86. The smallest absolute Gasteiger partial charge is 0.201 e. The van der Waals surface area contributed by atoms with Crippen molar-refractivity contribution in [1.29, 1.82) is 0 Å². The van der Waals surface area contributed by atoms with E-state index in [1.165, 1.54) is 0 Å². The van der Waals surface area contributed by atoms with Crippen LogP contribution in [0.1, 0.15) is 12.0 Å². The molecule has 0 aliphatic rings. The van der Waals surface area contributed by atoms with Gasteiger partial charge in [-0.2, -0.15) is 0 Å². The van der Waals surface area contributed by atoms with Gasteiger partial charge in [-0.1, -0.05) is 6.08 Å². The van der Waals surface area contributed by atoms with Crippen molar-refractivity contribution in [1.82, 2.24) is 4.98 Å². The number of nitrogens with one attached hydrogen (secondary N) is 1. The van der Waals surface area contributed by atoms with E-state index in [9.17, 15) is 4.79 Å². The molecule has 2 radical (unpaired) electrons. The average Bonchev–Trinajstić information content (AvgIpc) is 2.14. The summed E-state index contributed by atoms with van der Waals surface area (Å²) in [7, 11) is 4.97. The van der Waals surface area contributed by atoms with Gasteiger partial charge in [-0.25, -0.2) is 4.98 Å². The molecular formula is C10H11BN2O. The third-order valence-electron chi connectivity index (χ3n) is 1.71. The summed E-state index contributed by atoms with van der Waals surface area (Å²) in [5.41, 5.74) is 1.10. The summed E-state index contributed by atoms with van der Waals surface area (Å²) in [5.74, 6) is -0.113. The van der Waals surface area contributed by atoms with E-state index in [-0.39, 0.29) is 0 Å². The molecule has 14 heavy (non-hydrogen) atoms. The Labute approximate surface area is 84.6 Å². The number of hydrogen-bond acceptors (Lipinski definition) is 2. The molecule has 70 valence electrons. The Morgan fingerprint density at radius 3 is 3.14 bits per heavy atom. The Bertz CT molecular complexity index is 339. The molecule has 1 aromatic rings. The van der Waals surface area contributed by atoms with Gasteiger partial charge in [-0.3, -0.25) is 4.79 Å². The molecule has 4 heteroatoms. The quantitative estimate of drug-likeness (QED) is 0.576. The molecule has 0 bridgehead atoms. The lowest BCUT2D eigenvalue weighted by molar-refractivity contribution is 0.268. The van der Waals surface area contributed by atoms with Gasteiger partial charge in [0.1, 0.15) is 5.82 Å². The van der Waals surface area contributed by atoms with Gasteiger partial charge in [0.25, 0.3) is 0 Å². The zero-order chi connectivity index (χ0) is 10.4. The van der Waals surface area contributed by atoms with Crippen LogP contribution in [0.4, 0.5) is 10.6 Å². The van der Waals surface area contributed by atoms with Gasteiger partial charge in [0.05, 0.1) is 0 Å². The molecule has 0 atom stereocenters.